The molecule has 1 unspecified atom stereocenters. The molecule has 0 aliphatic carbocycles. The number of rotatable bonds is 10. The first-order chi connectivity index (χ1) is 14.5. The van der Waals surface area contributed by atoms with Crippen molar-refractivity contribution in [1.29, 1.82) is 0 Å². The van der Waals surface area contributed by atoms with Crippen molar-refractivity contribution in [3.8, 4) is 0 Å². The molecule has 0 fully saturated rings. The van der Waals surface area contributed by atoms with Gasteiger partial charge in [0.2, 0.25) is 0 Å². The average Bonchev–Trinajstić information content (AvgIpc) is 3.22. The van der Waals surface area contributed by atoms with E-state index in [9.17, 15) is 4.39 Å². The fraction of sp³-hybridized carbons (Fsp3) is 0.417. The zero-order valence-electron chi connectivity index (χ0n) is 17.6. The molecule has 0 saturated heterocycles. The molecule has 2 aromatic rings. The first-order valence-corrected chi connectivity index (χ1v) is 11.3. The number of nitrogens with one attached hydrogen (secondary N) is 1. The number of aliphatic hydroxyl groups excluding tert-OH is 2. The average molecular weight is 431 g/mol. The Balaban J connectivity index is 1.57. The predicted molar refractivity (Wildman–Crippen MR) is 124 cm³/mol. The first-order valence-electron chi connectivity index (χ1n) is 10.4. The predicted octanol–water partition coefficient (Wildman–Crippen LogP) is 4.03. The summed E-state index contributed by atoms with van der Waals surface area (Å²) in [5.74, 6) is -0.205. The molecule has 30 heavy (non-hydrogen) atoms. The van der Waals surface area contributed by atoms with Gasteiger partial charge in [0.25, 0.3) is 0 Å². The van der Waals surface area contributed by atoms with Crippen LogP contribution in [-0.4, -0.2) is 47.3 Å². The van der Waals surface area contributed by atoms with Crippen molar-refractivity contribution in [2.75, 3.05) is 24.7 Å². The number of thioether (sulfide) groups is 1. The summed E-state index contributed by atoms with van der Waals surface area (Å²) in [6.45, 7) is 5.71. The van der Waals surface area contributed by atoms with Gasteiger partial charge in [-0.3, -0.25) is 0 Å². The molecule has 162 valence electrons. The molecule has 0 bridgehead atoms. The minimum atomic E-state index is -0.288. The molecular weight excluding hydrogens is 399 g/mol. The lowest BCUT2D eigenvalue weighted by Gasteiger charge is -2.31. The highest BCUT2D eigenvalue weighted by molar-refractivity contribution is 8.09. The van der Waals surface area contributed by atoms with E-state index in [1.165, 1.54) is 22.6 Å². The Labute approximate surface area is 182 Å². The van der Waals surface area contributed by atoms with E-state index in [4.69, 9.17) is 10.2 Å². The van der Waals surface area contributed by atoms with Crippen molar-refractivity contribution in [2.24, 2.45) is 0 Å². The largest absolute Gasteiger partial charge is 0.395 e. The Kier molecular flexibility index (Phi) is 8.33. The van der Waals surface area contributed by atoms with Crippen LogP contribution in [0.5, 0.6) is 0 Å². The van der Waals surface area contributed by atoms with E-state index < -0.39 is 0 Å². The van der Waals surface area contributed by atoms with E-state index in [-0.39, 0.29) is 25.1 Å². The third-order valence-electron chi connectivity index (χ3n) is 5.32. The molecule has 6 heteroatoms. The van der Waals surface area contributed by atoms with Gasteiger partial charge in [-0.1, -0.05) is 30.3 Å². The van der Waals surface area contributed by atoms with Gasteiger partial charge in [-0.2, -0.15) is 0 Å². The smallest absolute Gasteiger partial charge is 0.123 e. The van der Waals surface area contributed by atoms with Crippen LogP contribution in [0.3, 0.4) is 0 Å². The van der Waals surface area contributed by atoms with Crippen LogP contribution < -0.4 is 10.2 Å². The molecule has 2 aromatic carbocycles. The van der Waals surface area contributed by atoms with Gasteiger partial charge >= 0.3 is 0 Å². The molecule has 1 atom stereocenters. The van der Waals surface area contributed by atoms with E-state index in [0.717, 1.165) is 24.2 Å². The van der Waals surface area contributed by atoms with E-state index >= 15 is 0 Å². The van der Waals surface area contributed by atoms with Gasteiger partial charge in [0.1, 0.15) is 5.82 Å². The Bertz CT molecular complexity index is 820. The number of benzene rings is 2. The summed E-state index contributed by atoms with van der Waals surface area (Å²) in [4.78, 5) is 3.63. The Morgan fingerprint density at radius 3 is 2.33 bits per heavy atom. The van der Waals surface area contributed by atoms with Gasteiger partial charge < -0.3 is 20.4 Å². The van der Waals surface area contributed by atoms with Gasteiger partial charge in [0, 0.05) is 35.0 Å². The molecular formula is C24H31FN2O2S. The maximum absolute atomic E-state index is 13.3. The highest BCUT2D eigenvalue weighted by atomic mass is 32.2. The number of nitrogens with zero attached hydrogens (tertiary/aromatic N) is 1. The fourth-order valence-electron chi connectivity index (χ4n) is 3.51. The maximum atomic E-state index is 13.3. The number of halogens is 1. The lowest BCUT2D eigenvalue weighted by atomic mass is 10.1. The molecule has 0 spiro atoms. The van der Waals surface area contributed by atoms with Crippen LogP contribution in [0.4, 0.5) is 10.1 Å². The van der Waals surface area contributed by atoms with Crippen molar-refractivity contribution in [3.05, 3.63) is 71.6 Å². The monoisotopic (exact) mass is 430 g/mol. The standard InChI is InChI=1S/C24H31FN2O2S/c1-17(2)27(22-9-7-20(25)8-10-22)14-23-11-12-24(30-23)19-5-3-18(4-6-19)13-26-21(15-28)16-29/h3-10,12,17,21,23,26,28-29H,11,13-16H2,1-2H3. The van der Waals surface area contributed by atoms with E-state index in [0.29, 0.717) is 17.8 Å². The van der Waals surface area contributed by atoms with Crippen LogP contribution in [0.2, 0.25) is 0 Å². The second kappa shape index (κ2) is 11.0. The number of hydrogen-bond donors (Lipinski definition) is 3. The molecule has 0 radical (unpaired) electrons. The maximum Gasteiger partial charge on any atom is 0.123 e. The highest BCUT2D eigenvalue weighted by Gasteiger charge is 2.23. The molecule has 1 heterocycles. The summed E-state index contributed by atoms with van der Waals surface area (Å²) in [6.07, 6.45) is 3.32. The van der Waals surface area contributed by atoms with Crippen molar-refractivity contribution < 1.29 is 14.6 Å². The second-order valence-corrected chi connectivity index (χ2v) is 9.25. The van der Waals surface area contributed by atoms with Crippen LogP contribution in [0, 0.1) is 5.82 Å². The summed E-state index contributed by atoms with van der Waals surface area (Å²) < 4.78 is 13.3. The van der Waals surface area contributed by atoms with Crippen molar-refractivity contribution >= 4 is 22.4 Å². The lowest BCUT2D eigenvalue weighted by molar-refractivity contribution is 0.170. The van der Waals surface area contributed by atoms with Crippen molar-refractivity contribution in [3.63, 3.8) is 0 Å². The van der Waals surface area contributed by atoms with Crippen LogP contribution in [0.25, 0.3) is 4.91 Å². The molecule has 0 aromatic heterocycles. The van der Waals surface area contributed by atoms with E-state index in [2.05, 4.69) is 54.4 Å². The summed E-state index contributed by atoms with van der Waals surface area (Å²) in [5.41, 5.74) is 3.39. The molecule has 0 saturated carbocycles. The van der Waals surface area contributed by atoms with Crippen LogP contribution in [-0.2, 0) is 6.54 Å². The summed E-state index contributed by atoms with van der Waals surface area (Å²) in [7, 11) is 0. The van der Waals surface area contributed by atoms with Crippen molar-refractivity contribution in [2.45, 2.75) is 44.1 Å². The van der Waals surface area contributed by atoms with Gasteiger partial charge in [-0.05, 0) is 55.7 Å². The first kappa shape index (κ1) is 22.8. The number of allylic oxidation sites excluding steroid dienone is 1. The second-order valence-electron chi connectivity index (χ2n) is 7.91. The quantitative estimate of drug-likeness (QED) is 0.531. The SMILES string of the molecule is CC(C)N(CC1CC=C(c2ccc(CNC(CO)CO)cc2)S1)c1ccc(F)cc1. The number of aliphatic hydroxyl groups is 2. The van der Waals surface area contributed by atoms with Gasteiger partial charge in [-0.15, -0.1) is 11.8 Å². The van der Waals surface area contributed by atoms with E-state index in [1.807, 2.05) is 23.9 Å². The minimum absolute atomic E-state index is 0.0786. The Hall–Kier alpha value is -1.86. The Morgan fingerprint density at radius 2 is 1.73 bits per heavy atom. The fourth-order valence-corrected chi connectivity index (χ4v) is 4.77. The van der Waals surface area contributed by atoms with Gasteiger partial charge in [0.15, 0.2) is 0 Å². The van der Waals surface area contributed by atoms with Crippen molar-refractivity contribution in [1.82, 2.24) is 5.32 Å². The zero-order chi connectivity index (χ0) is 21.5. The molecule has 0 amide bonds. The zero-order valence-corrected chi connectivity index (χ0v) is 18.4. The van der Waals surface area contributed by atoms with Gasteiger partial charge in [-0.25, -0.2) is 4.39 Å². The topological polar surface area (TPSA) is 55.7 Å². The lowest BCUT2D eigenvalue weighted by Crippen LogP contribution is -2.36. The number of anilines is 1. The summed E-state index contributed by atoms with van der Waals surface area (Å²) in [6, 6.07) is 15.2. The molecule has 1 aliphatic heterocycles. The van der Waals surface area contributed by atoms with E-state index in [1.54, 1.807) is 0 Å². The molecule has 3 N–H and O–H groups in total. The Morgan fingerprint density at radius 1 is 1.07 bits per heavy atom. The molecule has 1 aliphatic rings. The normalized spacial score (nSPS) is 16.4. The molecule has 3 rings (SSSR count). The molecule has 4 nitrogen and oxygen atoms in total. The number of hydrogen-bond acceptors (Lipinski definition) is 5. The van der Waals surface area contributed by atoms with Crippen LogP contribution in [0.15, 0.2) is 54.6 Å². The minimum Gasteiger partial charge on any atom is -0.395 e. The van der Waals surface area contributed by atoms with Crippen LogP contribution in [0.1, 0.15) is 31.4 Å². The summed E-state index contributed by atoms with van der Waals surface area (Å²) >= 11 is 1.90. The highest BCUT2D eigenvalue weighted by Crippen LogP contribution is 2.40. The van der Waals surface area contributed by atoms with Crippen LogP contribution >= 0.6 is 11.8 Å². The summed E-state index contributed by atoms with van der Waals surface area (Å²) in [5, 5.41) is 21.9. The third-order valence-corrected chi connectivity index (χ3v) is 6.65. The van der Waals surface area contributed by atoms with Gasteiger partial charge in [0.05, 0.1) is 19.3 Å². The third kappa shape index (κ3) is 6.08.